The number of phosphoric ester groups is 1. The van der Waals surface area contributed by atoms with Crippen molar-refractivity contribution in [3.8, 4) is 11.5 Å². The van der Waals surface area contributed by atoms with Crippen LogP contribution in [-0.2, 0) is 13.8 Å². The first kappa shape index (κ1) is 21.6. The molecule has 0 unspecified atom stereocenters. The topological polar surface area (TPSA) is 120 Å². The Hall–Kier alpha value is -1.15. The summed E-state index contributed by atoms with van der Waals surface area (Å²) in [6, 6.07) is 5.89. The van der Waals surface area contributed by atoms with Gasteiger partial charge in [-0.3, -0.25) is 4.52 Å². The lowest BCUT2D eigenvalue weighted by Crippen LogP contribution is -2.41. The van der Waals surface area contributed by atoms with Gasteiger partial charge in [-0.2, -0.15) is 0 Å². The van der Waals surface area contributed by atoms with E-state index in [1.54, 1.807) is 0 Å². The standard InChI is InChI=1S/C19H30NO7P/c1-2-3-8-24-11-16-12-25-18-9-14(4-5-17(18)27-16)15-6-7-19(20,10-15)13-26-28(21,22)23/h4-5,9,15-16H,2-3,6-8,10-13,20H2,1H3,(H2,21,22,23)/t15-,16-,19-/m1/s1. The maximum absolute atomic E-state index is 10.9. The van der Waals surface area contributed by atoms with Crippen molar-refractivity contribution >= 4 is 7.82 Å². The molecular formula is C19H30NO7P. The molecule has 0 saturated heterocycles. The lowest BCUT2D eigenvalue weighted by Gasteiger charge is -2.27. The maximum atomic E-state index is 10.9. The SMILES string of the molecule is CCCCOC[C@@H]1COc2cc([C@@H]3CC[C@](N)(COP(=O)(O)O)C3)ccc2O1. The lowest BCUT2D eigenvalue weighted by molar-refractivity contribution is 0.00803. The molecule has 9 heteroatoms. The summed E-state index contributed by atoms with van der Waals surface area (Å²) in [4.78, 5) is 17.8. The molecule has 1 aliphatic carbocycles. The summed E-state index contributed by atoms with van der Waals surface area (Å²) in [6.45, 7) is 3.67. The fraction of sp³-hybridized carbons (Fsp3) is 0.684. The van der Waals surface area contributed by atoms with Crippen molar-refractivity contribution in [2.45, 2.75) is 56.6 Å². The first-order valence-electron chi connectivity index (χ1n) is 9.78. The number of phosphoric acid groups is 1. The Bertz CT molecular complexity index is 710. The fourth-order valence-electron chi connectivity index (χ4n) is 3.71. The molecule has 1 fully saturated rings. The highest BCUT2D eigenvalue weighted by Crippen LogP contribution is 2.45. The lowest BCUT2D eigenvalue weighted by atomic mass is 9.93. The molecule has 1 heterocycles. The number of fused-ring (bicyclic) bond motifs is 1. The zero-order valence-corrected chi connectivity index (χ0v) is 17.1. The molecule has 2 aliphatic rings. The van der Waals surface area contributed by atoms with Crippen molar-refractivity contribution in [2.75, 3.05) is 26.4 Å². The smallest absolute Gasteiger partial charge is 0.469 e. The Labute approximate surface area is 165 Å². The second kappa shape index (κ2) is 9.11. The third-order valence-electron chi connectivity index (χ3n) is 5.27. The van der Waals surface area contributed by atoms with E-state index in [4.69, 9.17) is 29.7 Å². The van der Waals surface area contributed by atoms with Crippen LogP contribution in [-0.4, -0.2) is 47.9 Å². The first-order valence-corrected chi connectivity index (χ1v) is 11.3. The van der Waals surface area contributed by atoms with Gasteiger partial charge >= 0.3 is 7.82 Å². The van der Waals surface area contributed by atoms with Gasteiger partial charge in [0, 0.05) is 12.1 Å². The van der Waals surface area contributed by atoms with Gasteiger partial charge in [-0.15, -0.1) is 0 Å². The Balaban J connectivity index is 1.56. The Morgan fingerprint density at radius 3 is 2.93 bits per heavy atom. The van der Waals surface area contributed by atoms with Crippen LogP contribution in [0.4, 0.5) is 0 Å². The average Bonchev–Trinajstić information content (AvgIpc) is 3.05. The van der Waals surface area contributed by atoms with Gasteiger partial charge in [0.25, 0.3) is 0 Å². The molecule has 1 aliphatic heterocycles. The molecular weight excluding hydrogens is 385 g/mol. The van der Waals surface area contributed by atoms with Crippen molar-refractivity contribution < 1.29 is 33.1 Å². The highest BCUT2D eigenvalue weighted by atomic mass is 31.2. The number of ether oxygens (including phenoxy) is 3. The van der Waals surface area contributed by atoms with E-state index in [0.29, 0.717) is 37.6 Å². The summed E-state index contributed by atoms with van der Waals surface area (Å²) in [6.07, 6.45) is 4.10. The van der Waals surface area contributed by atoms with Gasteiger partial charge in [0.2, 0.25) is 0 Å². The molecule has 0 radical (unpaired) electrons. The average molecular weight is 415 g/mol. The molecule has 3 atom stereocenters. The molecule has 0 bridgehead atoms. The number of hydrogen-bond donors (Lipinski definition) is 3. The molecule has 0 aromatic heterocycles. The minimum Gasteiger partial charge on any atom is -0.486 e. The van der Waals surface area contributed by atoms with Crippen LogP contribution in [0.5, 0.6) is 11.5 Å². The molecule has 1 aromatic rings. The minimum atomic E-state index is -4.51. The number of unbranched alkanes of at least 4 members (excludes halogenated alkanes) is 1. The van der Waals surface area contributed by atoms with E-state index >= 15 is 0 Å². The zero-order valence-electron chi connectivity index (χ0n) is 16.2. The number of benzene rings is 1. The third-order valence-corrected chi connectivity index (χ3v) is 5.73. The van der Waals surface area contributed by atoms with E-state index in [0.717, 1.165) is 31.4 Å². The van der Waals surface area contributed by atoms with Crippen LogP contribution >= 0.6 is 7.82 Å². The van der Waals surface area contributed by atoms with Crippen LogP contribution in [0.15, 0.2) is 18.2 Å². The summed E-state index contributed by atoms with van der Waals surface area (Å²) >= 11 is 0. The molecule has 4 N–H and O–H groups in total. The van der Waals surface area contributed by atoms with Crippen LogP contribution in [0.3, 0.4) is 0 Å². The molecule has 3 rings (SSSR count). The van der Waals surface area contributed by atoms with Crippen LogP contribution in [0.2, 0.25) is 0 Å². The van der Waals surface area contributed by atoms with Gasteiger partial charge in [-0.25, -0.2) is 4.57 Å². The molecule has 1 aromatic carbocycles. The van der Waals surface area contributed by atoms with E-state index in [2.05, 4.69) is 11.4 Å². The highest BCUT2D eigenvalue weighted by molar-refractivity contribution is 7.46. The van der Waals surface area contributed by atoms with Gasteiger partial charge in [0.15, 0.2) is 17.6 Å². The second-order valence-electron chi connectivity index (χ2n) is 7.75. The van der Waals surface area contributed by atoms with Crippen molar-refractivity contribution in [3.63, 3.8) is 0 Å². The predicted molar refractivity (Wildman–Crippen MR) is 104 cm³/mol. The van der Waals surface area contributed by atoms with Crippen LogP contribution in [0, 0.1) is 0 Å². The van der Waals surface area contributed by atoms with E-state index in [9.17, 15) is 4.57 Å². The Kier molecular flexibility index (Phi) is 7.02. The van der Waals surface area contributed by atoms with Gasteiger partial charge in [-0.05, 0) is 49.3 Å². The van der Waals surface area contributed by atoms with Gasteiger partial charge in [-0.1, -0.05) is 19.4 Å². The van der Waals surface area contributed by atoms with Crippen LogP contribution < -0.4 is 15.2 Å². The number of hydrogen-bond acceptors (Lipinski definition) is 6. The summed E-state index contributed by atoms with van der Waals surface area (Å²) < 4.78 is 33.0. The molecule has 28 heavy (non-hydrogen) atoms. The normalized spacial score (nSPS) is 27.1. The van der Waals surface area contributed by atoms with Gasteiger partial charge < -0.3 is 29.7 Å². The Morgan fingerprint density at radius 1 is 1.36 bits per heavy atom. The summed E-state index contributed by atoms with van der Waals surface area (Å²) in [7, 11) is -4.51. The maximum Gasteiger partial charge on any atom is 0.469 e. The number of rotatable bonds is 9. The molecule has 0 amide bonds. The van der Waals surface area contributed by atoms with Crippen molar-refractivity contribution in [2.24, 2.45) is 5.73 Å². The van der Waals surface area contributed by atoms with Gasteiger partial charge in [0.1, 0.15) is 6.61 Å². The third kappa shape index (κ3) is 5.92. The molecule has 1 saturated carbocycles. The van der Waals surface area contributed by atoms with E-state index in [1.807, 2.05) is 18.2 Å². The monoisotopic (exact) mass is 415 g/mol. The van der Waals surface area contributed by atoms with Crippen molar-refractivity contribution in [1.29, 1.82) is 0 Å². The van der Waals surface area contributed by atoms with Crippen LogP contribution in [0.25, 0.3) is 0 Å². The van der Waals surface area contributed by atoms with E-state index < -0.39 is 13.4 Å². The quantitative estimate of drug-likeness (QED) is 0.416. The van der Waals surface area contributed by atoms with Crippen molar-refractivity contribution in [3.05, 3.63) is 23.8 Å². The predicted octanol–water partition coefficient (Wildman–Crippen LogP) is 2.72. The van der Waals surface area contributed by atoms with E-state index in [-0.39, 0.29) is 18.6 Å². The largest absolute Gasteiger partial charge is 0.486 e. The second-order valence-corrected chi connectivity index (χ2v) is 8.99. The zero-order chi connectivity index (χ0) is 20.2. The van der Waals surface area contributed by atoms with Gasteiger partial charge in [0.05, 0.1) is 13.2 Å². The first-order chi connectivity index (χ1) is 13.3. The summed E-state index contributed by atoms with van der Waals surface area (Å²) in [5.41, 5.74) is 6.63. The number of nitrogens with two attached hydrogens (primary N) is 1. The summed E-state index contributed by atoms with van der Waals surface area (Å²) in [5.74, 6) is 1.61. The van der Waals surface area contributed by atoms with E-state index in [1.165, 1.54) is 0 Å². The molecule has 8 nitrogen and oxygen atoms in total. The van der Waals surface area contributed by atoms with Crippen molar-refractivity contribution in [1.82, 2.24) is 0 Å². The minimum absolute atomic E-state index is 0.108. The molecule has 0 spiro atoms. The molecule has 158 valence electrons. The highest BCUT2D eigenvalue weighted by Gasteiger charge is 2.38. The Morgan fingerprint density at radius 2 is 2.18 bits per heavy atom. The fourth-order valence-corrected chi connectivity index (χ4v) is 4.14. The van der Waals surface area contributed by atoms with Crippen LogP contribution in [0.1, 0.15) is 50.5 Å². The summed E-state index contributed by atoms with van der Waals surface area (Å²) in [5, 5.41) is 0.